The second kappa shape index (κ2) is 7.54. The van der Waals surface area contributed by atoms with Crippen LogP contribution in [0.1, 0.15) is 33.6 Å². The van der Waals surface area contributed by atoms with Gasteiger partial charge >= 0.3 is 6.09 Å². The molecular weight excluding hydrogens is 264 g/mol. The number of carbonyl (C=O) groups excluding carboxylic acids is 1. The van der Waals surface area contributed by atoms with Gasteiger partial charge in [0.25, 0.3) is 0 Å². The third-order valence-corrected chi connectivity index (χ3v) is 3.78. The Balaban J connectivity index is 2.79. The topological polar surface area (TPSA) is 108 Å². The molecule has 1 rings (SSSR count). The quantitative estimate of drug-likeness (QED) is 0.655. The first-order valence-corrected chi connectivity index (χ1v) is 7.04. The van der Waals surface area contributed by atoms with Crippen LogP contribution < -0.4 is 5.32 Å². The molecular formula is C13H24N2O5. The van der Waals surface area contributed by atoms with Crippen molar-refractivity contribution in [3.63, 3.8) is 0 Å². The van der Waals surface area contributed by atoms with Crippen molar-refractivity contribution in [3.05, 3.63) is 4.91 Å². The number of nitroso groups, excluding NO2 is 1. The zero-order valence-corrected chi connectivity index (χ0v) is 12.2. The number of aliphatic hydroxyl groups excluding tert-OH is 2. The molecule has 0 saturated heterocycles. The lowest BCUT2D eigenvalue weighted by Gasteiger charge is -2.41. The molecule has 0 spiro atoms. The lowest BCUT2D eigenvalue weighted by atomic mass is 9.73. The van der Waals surface area contributed by atoms with E-state index in [1.807, 2.05) is 20.8 Å². The number of nitrogens with one attached hydrogen (secondary N) is 1. The highest BCUT2D eigenvalue weighted by Crippen LogP contribution is 2.32. The van der Waals surface area contributed by atoms with E-state index in [0.717, 1.165) is 0 Å². The van der Waals surface area contributed by atoms with Gasteiger partial charge in [-0.1, -0.05) is 25.9 Å². The predicted molar refractivity (Wildman–Crippen MR) is 73.1 cm³/mol. The maximum absolute atomic E-state index is 11.6. The third kappa shape index (κ3) is 3.89. The Morgan fingerprint density at radius 1 is 1.45 bits per heavy atom. The van der Waals surface area contributed by atoms with Crippen LogP contribution in [0.4, 0.5) is 4.79 Å². The standard InChI is InChI=1S/C13H24N2O5/c1-4-5-20-13(18)14-11-10(15-19)9(16)6-8(7(2)3)12(11)17/h7-12,16-17H,4-6H2,1-3H3,(H,14,18)/t8-,9?,10+,11?,12?/m0/s1. The Morgan fingerprint density at radius 3 is 2.60 bits per heavy atom. The number of aliphatic hydroxyl groups is 2. The van der Waals surface area contributed by atoms with E-state index < -0.39 is 30.4 Å². The molecule has 1 aliphatic carbocycles. The summed E-state index contributed by atoms with van der Waals surface area (Å²) >= 11 is 0. The summed E-state index contributed by atoms with van der Waals surface area (Å²) in [5, 5.41) is 25.6. The van der Waals surface area contributed by atoms with Crippen molar-refractivity contribution in [1.82, 2.24) is 5.32 Å². The lowest BCUT2D eigenvalue weighted by molar-refractivity contribution is -0.0460. The van der Waals surface area contributed by atoms with Gasteiger partial charge in [-0.25, -0.2) is 4.79 Å². The van der Waals surface area contributed by atoms with Crippen molar-refractivity contribution in [2.24, 2.45) is 17.0 Å². The van der Waals surface area contributed by atoms with Crippen molar-refractivity contribution in [2.45, 2.75) is 57.9 Å². The summed E-state index contributed by atoms with van der Waals surface area (Å²) in [6.45, 7) is 5.95. The Kier molecular flexibility index (Phi) is 6.35. The summed E-state index contributed by atoms with van der Waals surface area (Å²) in [5.41, 5.74) is 0. The summed E-state index contributed by atoms with van der Waals surface area (Å²) in [6.07, 6.45) is -1.65. The smallest absolute Gasteiger partial charge is 0.407 e. The molecule has 7 heteroatoms. The number of hydrogen-bond acceptors (Lipinski definition) is 6. The molecule has 1 fully saturated rings. The SMILES string of the molecule is CCCOC(=O)NC1C(O)[C@H](C(C)C)CC(O)[C@H]1N=O. The number of rotatable bonds is 5. The Hall–Kier alpha value is -1.21. The minimum atomic E-state index is -1.06. The molecule has 1 aliphatic rings. The van der Waals surface area contributed by atoms with Crippen LogP contribution in [0.2, 0.25) is 0 Å². The molecule has 0 bridgehead atoms. The number of carbonyl (C=O) groups is 1. The van der Waals surface area contributed by atoms with Crippen molar-refractivity contribution in [1.29, 1.82) is 0 Å². The summed E-state index contributed by atoms with van der Waals surface area (Å²) in [7, 11) is 0. The lowest BCUT2D eigenvalue weighted by Crippen LogP contribution is -2.61. The van der Waals surface area contributed by atoms with Crippen molar-refractivity contribution in [3.8, 4) is 0 Å². The molecule has 116 valence electrons. The molecule has 0 heterocycles. The van der Waals surface area contributed by atoms with E-state index in [0.29, 0.717) is 6.42 Å². The fraction of sp³-hybridized carbons (Fsp3) is 0.923. The summed E-state index contributed by atoms with van der Waals surface area (Å²) in [4.78, 5) is 22.5. The van der Waals surface area contributed by atoms with Crippen molar-refractivity contribution in [2.75, 3.05) is 6.61 Å². The zero-order valence-electron chi connectivity index (χ0n) is 12.2. The first-order chi connectivity index (χ1) is 9.42. The predicted octanol–water partition coefficient (Wildman–Crippen LogP) is 1.02. The van der Waals surface area contributed by atoms with Crippen LogP contribution in [0, 0.1) is 16.7 Å². The van der Waals surface area contributed by atoms with Crippen molar-refractivity contribution < 1.29 is 19.7 Å². The highest BCUT2D eigenvalue weighted by atomic mass is 16.5. The normalized spacial score (nSPS) is 33.8. The van der Waals surface area contributed by atoms with E-state index in [4.69, 9.17) is 4.74 Å². The van der Waals surface area contributed by atoms with Gasteiger partial charge in [-0.2, -0.15) is 4.91 Å². The summed E-state index contributed by atoms with van der Waals surface area (Å²) in [5.74, 6) is -0.0947. The molecule has 0 aliphatic heterocycles. The molecule has 20 heavy (non-hydrogen) atoms. The Morgan fingerprint density at radius 2 is 2.10 bits per heavy atom. The van der Waals surface area contributed by atoms with E-state index in [1.165, 1.54) is 0 Å². The van der Waals surface area contributed by atoms with E-state index in [2.05, 4.69) is 10.5 Å². The van der Waals surface area contributed by atoms with Gasteiger partial charge in [-0.15, -0.1) is 0 Å². The maximum atomic E-state index is 11.6. The average Bonchev–Trinajstić information content (AvgIpc) is 2.40. The number of amides is 1. The number of hydrogen-bond donors (Lipinski definition) is 3. The fourth-order valence-electron chi connectivity index (χ4n) is 2.61. The van der Waals surface area contributed by atoms with E-state index in [1.54, 1.807) is 0 Å². The van der Waals surface area contributed by atoms with Gasteiger partial charge < -0.3 is 20.3 Å². The van der Waals surface area contributed by atoms with Crippen LogP contribution in [0.5, 0.6) is 0 Å². The number of alkyl carbamates (subject to hydrolysis) is 1. The van der Waals surface area contributed by atoms with Gasteiger partial charge in [0.1, 0.15) is 6.04 Å². The largest absolute Gasteiger partial charge is 0.450 e. The molecule has 0 radical (unpaired) electrons. The molecule has 0 aromatic carbocycles. The Bertz CT molecular complexity index is 337. The second-order valence-corrected chi connectivity index (χ2v) is 5.60. The molecule has 1 saturated carbocycles. The Labute approximate surface area is 118 Å². The molecule has 5 atom stereocenters. The number of ether oxygens (including phenoxy) is 1. The van der Waals surface area contributed by atoms with Gasteiger partial charge in [0, 0.05) is 0 Å². The molecule has 3 N–H and O–H groups in total. The average molecular weight is 288 g/mol. The molecule has 1 amide bonds. The van der Waals surface area contributed by atoms with Gasteiger partial charge in [-0.3, -0.25) is 0 Å². The first-order valence-electron chi connectivity index (χ1n) is 7.04. The minimum Gasteiger partial charge on any atom is -0.450 e. The summed E-state index contributed by atoms with van der Waals surface area (Å²) in [6, 6.07) is -1.98. The highest BCUT2D eigenvalue weighted by Gasteiger charge is 2.46. The van der Waals surface area contributed by atoms with Crippen molar-refractivity contribution >= 4 is 6.09 Å². The van der Waals surface area contributed by atoms with Crippen LogP contribution in [0.15, 0.2) is 5.18 Å². The second-order valence-electron chi connectivity index (χ2n) is 5.60. The zero-order chi connectivity index (χ0) is 15.3. The third-order valence-electron chi connectivity index (χ3n) is 3.78. The van der Waals surface area contributed by atoms with E-state index in [9.17, 15) is 19.9 Å². The first kappa shape index (κ1) is 16.8. The summed E-state index contributed by atoms with van der Waals surface area (Å²) < 4.78 is 4.88. The highest BCUT2D eigenvalue weighted by molar-refractivity contribution is 5.67. The molecule has 7 nitrogen and oxygen atoms in total. The fourth-order valence-corrected chi connectivity index (χ4v) is 2.61. The number of nitrogens with zero attached hydrogens (tertiary/aromatic N) is 1. The minimum absolute atomic E-state index is 0.114. The molecule has 0 aromatic heterocycles. The van der Waals surface area contributed by atoms with E-state index in [-0.39, 0.29) is 24.9 Å². The van der Waals surface area contributed by atoms with Gasteiger partial charge in [0.15, 0.2) is 0 Å². The van der Waals surface area contributed by atoms with Crippen LogP contribution in [-0.4, -0.2) is 47.2 Å². The van der Waals surface area contributed by atoms with Gasteiger partial charge in [0.05, 0.1) is 24.9 Å². The monoisotopic (exact) mass is 288 g/mol. The van der Waals surface area contributed by atoms with Gasteiger partial charge in [0.2, 0.25) is 0 Å². The maximum Gasteiger partial charge on any atom is 0.407 e. The van der Waals surface area contributed by atoms with Crippen LogP contribution in [0.25, 0.3) is 0 Å². The molecule has 0 aromatic rings. The van der Waals surface area contributed by atoms with E-state index >= 15 is 0 Å². The van der Waals surface area contributed by atoms with Gasteiger partial charge in [-0.05, 0) is 24.7 Å². The molecule has 3 unspecified atom stereocenters. The van der Waals surface area contributed by atoms with Crippen LogP contribution >= 0.6 is 0 Å². The van der Waals surface area contributed by atoms with Crippen LogP contribution in [0.3, 0.4) is 0 Å². The van der Waals surface area contributed by atoms with Crippen LogP contribution in [-0.2, 0) is 4.74 Å².